The lowest BCUT2D eigenvalue weighted by molar-refractivity contribution is 0.0606. The predicted octanol–water partition coefficient (Wildman–Crippen LogP) is 4.10. The third-order valence-electron chi connectivity index (χ3n) is 4.15. The Morgan fingerprint density at radius 2 is 2.24 bits per heavy atom. The number of halogens is 1. The van der Waals surface area contributed by atoms with Crippen molar-refractivity contribution in [1.82, 2.24) is 4.98 Å². The lowest BCUT2D eigenvalue weighted by atomic mass is 9.80. The van der Waals surface area contributed by atoms with Crippen LogP contribution in [-0.4, -0.2) is 15.0 Å². The van der Waals surface area contributed by atoms with E-state index >= 15 is 0 Å². The van der Waals surface area contributed by atoms with E-state index in [1.807, 2.05) is 0 Å². The van der Waals surface area contributed by atoms with Crippen LogP contribution in [-0.2, 0) is 4.74 Å². The molecule has 0 bridgehead atoms. The van der Waals surface area contributed by atoms with Crippen molar-refractivity contribution in [2.24, 2.45) is 0 Å². The summed E-state index contributed by atoms with van der Waals surface area (Å²) in [6.45, 7) is 6.78. The number of nitrogens with one attached hydrogen (secondary N) is 1. The summed E-state index contributed by atoms with van der Waals surface area (Å²) >= 11 is 2.43. The number of ether oxygens (including phenoxy) is 1. The number of aromatic nitrogens is 1. The monoisotopic (exact) mass is 343 g/mol. The van der Waals surface area contributed by atoms with Gasteiger partial charge in [0.15, 0.2) is 0 Å². The van der Waals surface area contributed by atoms with Gasteiger partial charge in [0.1, 0.15) is 11.4 Å². The Morgan fingerprint density at radius 1 is 1.47 bits per heavy atom. The van der Waals surface area contributed by atoms with Gasteiger partial charge < -0.3 is 9.72 Å². The second kappa shape index (κ2) is 3.77. The molecule has 2 aliphatic rings. The zero-order valence-corrected chi connectivity index (χ0v) is 12.7. The molecule has 0 saturated carbocycles. The van der Waals surface area contributed by atoms with Crippen molar-refractivity contribution >= 4 is 22.6 Å². The van der Waals surface area contributed by atoms with Gasteiger partial charge in [-0.3, -0.25) is 0 Å². The van der Waals surface area contributed by atoms with Crippen molar-refractivity contribution in [2.45, 2.75) is 44.6 Å². The first-order valence-electron chi connectivity index (χ1n) is 6.21. The maximum Gasteiger partial charge on any atom is 0.118 e. The molecule has 0 aromatic carbocycles. The highest BCUT2D eigenvalue weighted by molar-refractivity contribution is 14.1. The van der Waals surface area contributed by atoms with E-state index < -0.39 is 0 Å². The van der Waals surface area contributed by atoms with Gasteiger partial charge in [-0.1, -0.05) is 36.4 Å². The fraction of sp³-hybridized carbons (Fsp3) is 0.571. The van der Waals surface area contributed by atoms with Gasteiger partial charge in [-0.05, 0) is 24.1 Å². The summed E-state index contributed by atoms with van der Waals surface area (Å²) in [7, 11) is 0. The number of hydrogen-bond donors (Lipinski definition) is 1. The number of alkyl halides is 1. The van der Waals surface area contributed by atoms with Crippen LogP contribution in [0, 0.1) is 0 Å². The van der Waals surface area contributed by atoms with Gasteiger partial charge in [-0.2, -0.15) is 0 Å². The summed E-state index contributed by atoms with van der Waals surface area (Å²) in [5, 5.41) is 0. The van der Waals surface area contributed by atoms with Crippen molar-refractivity contribution in [1.29, 1.82) is 0 Å². The number of rotatable bonds is 1. The summed E-state index contributed by atoms with van der Waals surface area (Å²) in [5.74, 6) is 2.13. The Balaban J connectivity index is 2.03. The largest absolute Gasteiger partial charge is 0.490 e. The molecule has 92 valence electrons. The van der Waals surface area contributed by atoms with E-state index in [1.165, 1.54) is 22.6 Å². The molecule has 3 unspecified atom stereocenters. The molecule has 0 spiro atoms. The summed E-state index contributed by atoms with van der Waals surface area (Å²) in [5.41, 5.74) is 4.31. The molecular weight excluding hydrogens is 325 g/mol. The third-order valence-corrected chi connectivity index (χ3v) is 5.76. The van der Waals surface area contributed by atoms with Gasteiger partial charge >= 0.3 is 0 Å². The molecule has 0 radical (unpaired) electrons. The lowest BCUT2D eigenvalue weighted by Crippen LogP contribution is -2.26. The Labute approximate surface area is 116 Å². The summed E-state index contributed by atoms with van der Waals surface area (Å²) < 4.78 is 7.32. The third kappa shape index (κ3) is 1.58. The molecule has 0 saturated heterocycles. The molecule has 1 aliphatic heterocycles. The number of H-pyrrole nitrogens is 1. The van der Waals surface area contributed by atoms with E-state index in [2.05, 4.69) is 60.6 Å². The van der Waals surface area contributed by atoms with Crippen LogP contribution < -0.4 is 0 Å². The van der Waals surface area contributed by atoms with Crippen LogP contribution in [0.4, 0.5) is 0 Å². The smallest absolute Gasteiger partial charge is 0.118 e. The number of allylic oxidation sites excluding steroid dienone is 1. The predicted molar refractivity (Wildman–Crippen MR) is 77.6 cm³/mol. The van der Waals surface area contributed by atoms with Crippen LogP contribution in [0.2, 0.25) is 0 Å². The average Bonchev–Trinajstić information content (AvgIpc) is 2.91. The van der Waals surface area contributed by atoms with Crippen LogP contribution in [0.3, 0.4) is 0 Å². The van der Waals surface area contributed by atoms with Gasteiger partial charge in [0.05, 0.1) is 0 Å². The SMILES string of the molecule is CC1C2=C(CC(C)(CI)O2)C(C)c2[nH]ccc21. The maximum atomic E-state index is 6.27. The van der Waals surface area contributed by atoms with Gasteiger partial charge in [0, 0.05) is 34.6 Å². The Bertz CT molecular complexity index is 452. The normalized spacial score (nSPS) is 35.5. The van der Waals surface area contributed by atoms with E-state index in [0.29, 0.717) is 11.8 Å². The topological polar surface area (TPSA) is 25.0 Å². The zero-order chi connectivity index (χ0) is 12.2. The van der Waals surface area contributed by atoms with Crippen LogP contribution in [0.25, 0.3) is 0 Å². The van der Waals surface area contributed by atoms with Gasteiger partial charge in [0.25, 0.3) is 0 Å². The molecule has 1 aromatic heterocycles. The first-order valence-corrected chi connectivity index (χ1v) is 7.73. The van der Waals surface area contributed by atoms with Crippen molar-refractivity contribution < 1.29 is 4.74 Å². The van der Waals surface area contributed by atoms with E-state index in [0.717, 1.165) is 10.8 Å². The highest BCUT2D eigenvalue weighted by atomic mass is 127. The minimum Gasteiger partial charge on any atom is -0.490 e. The van der Waals surface area contributed by atoms with Crippen LogP contribution in [0.5, 0.6) is 0 Å². The Kier molecular flexibility index (Phi) is 2.58. The van der Waals surface area contributed by atoms with Crippen molar-refractivity contribution in [3.05, 3.63) is 34.9 Å². The average molecular weight is 343 g/mol. The fourth-order valence-electron chi connectivity index (χ4n) is 3.13. The van der Waals surface area contributed by atoms with E-state index in [1.54, 1.807) is 0 Å². The first kappa shape index (κ1) is 11.6. The number of aromatic amines is 1. The Hall–Kier alpha value is -0.450. The van der Waals surface area contributed by atoms with Crippen LogP contribution in [0.15, 0.2) is 23.6 Å². The second-order valence-electron chi connectivity index (χ2n) is 5.54. The zero-order valence-electron chi connectivity index (χ0n) is 10.5. The molecule has 0 amide bonds. The minimum absolute atomic E-state index is 0.0111. The number of fused-ring (bicyclic) bond motifs is 1. The lowest BCUT2D eigenvalue weighted by Gasteiger charge is -2.26. The van der Waals surface area contributed by atoms with Gasteiger partial charge in [-0.15, -0.1) is 0 Å². The fourth-order valence-corrected chi connectivity index (χ4v) is 3.55. The van der Waals surface area contributed by atoms with Crippen molar-refractivity contribution in [2.75, 3.05) is 4.43 Å². The summed E-state index contributed by atoms with van der Waals surface area (Å²) in [4.78, 5) is 3.40. The molecule has 0 fully saturated rings. The molecule has 2 nitrogen and oxygen atoms in total. The molecule has 3 rings (SSSR count). The first-order chi connectivity index (χ1) is 8.06. The number of hydrogen-bond acceptors (Lipinski definition) is 1. The van der Waals surface area contributed by atoms with Crippen LogP contribution in [0.1, 0.15) is 50.3 Å². The Morgan fingerprint density at radius 3 is 2.94 bits per heavy atom. The second-order valence-corrected chi connectivity index (χ2v) is 6.30. The van der Waals surface area contributed by atoms with E-state index in [9.17, 15) is 0 Å². The molecule has 3 heteroatoms. The summed E-state index contributed by atoms with van der Waals surface area (Å²) in [6, 6.07) is 2.20. The maximum absolute atomic E-state index is 6.27. The summed E-state index contributed by atoms with van der Waals surface area (Å²) in [6.07, 6.45) is 3.13. The highest BCUT2D eigenvalue weighted by Crippen LogP contribution is 2.51. The molecule has 1 N–H and O–H groups in total. The van der Waals surface area contributed by atoms with Gasteiger partial charge in [0.2, 0.25) is 0 Å². The van der Waals surface area contributed by atoms with Crippen molar-refractivity contribution in [3.63, 3.8) is 0 Å². The van der Waals surface area contributed by atoms with E-state index in [4.69, 9.17) is 4.74 Å². The van der Waals surface area contributed by atoms with E-state index in [-0.39, 0.29) is 5.60 Å². The molecule has 17 heavy (non-hydrogen) atoms. The molecule has 1 aromatic rings. The quantitative estimate of drug-likeness (QED) is 0.603. The molecule has 1 aliphatic carbocycles. The molecular formula is C14H18INO. The molecule has 3 atom stereocenters. The molecule has 2 heterocycles. The minimum atomic E-state index is 0.0111. The van der Waals surface area contributed by atoms with Crippen molar-refractivity contribution in [3.8, 4) is 0 Å². The van der Waals surface area contributed by atoms with Gasteiger partial charge in [-0.25, -0.2) is 0 Å². The highest BCUT2D eigenvalue weighted by Gasteiger charge is 2.43. The standard InChI is InChI=1S/C14H18INO/c1-8-11-6-14(3,7-15)17-13(11)9(2)10-4-5-16-12(8)10/h4-5,8-9,16H,6-7H2,1-3H3. The van der Waals surface area contributed by atoms with Crippen LogP contribution >= 0.6 is 22.6 Å².